The van der Waals surface area contributed by atoms with Crippen molar-refractivity contribution in [2.45, 2.75) is 46.3 Å². The first-order valence-electron chi connectivity index (χ1n) is 7.16. The summed E-state index contributed by atoms with van der Waals surface area (Å²) in [6.45, 7) is 8.68. The summed E-state index contributed by atoms with van der Waals surface area (Å²) in [6.07, 6.45) is 1.34. The Kier molecular flexibility index (Phi) is 5.14. The maximum Gasteiger partial charge on any atom is 0.138 e. The van der Waals surface area contributed by atoms with E-state index in [1.807, 2.05) is 37.7 Å². The third-order valence-corrected chi connectivity index (χ3v) is 5.20. The molecule has 2 rings (SSSR count). The predicted octanol–water partition coefficient (Wildman–Crippen LogP) is 5.07. The third-order valence-electron chi connectivity index (χ3n) is 3.28. The summed E-state index contributed by atoms with van der Waals surface area (Å²) >= 11 is 8.30. The molecule has 112 valence electrons. The number of ether oxygens (including phenoxy) is 1. The number of hydrogen-bond donors (Lipinski definition) is 1. The van der Waals surface area contributed by atoms with Gasteiger partial charge in [0, 0.05) is 17.5 Å². The van der Waals surface area contributed by atoms with E-state index in [0.717, 1.165) is 17.2 Å². The van der Waals surface area contributed by atoms with Gasteiger partial charge in [-0.25, -0.2) is 0 Å². The van der Waals surface area contributed by atoms with Gasteiger partial charge in [0.2, 0.25) is 0 Å². The van der Waals surface area contributed by atoms with Gasteiger partial charge in [-0.15, -0.1) is 0 Å². The molecule has 2 nitrogen and oxygen atoms in total. The highest BCUT2D eigenvalue weighted by Crippen LogP contribution is 2.35. The van der Waals surface area contributed by atoms with Crippen molar-refractivity contribution in [3.8, 4) is 5.75 Å². The molecule has 0 aliphatic carbocycles. The largest absolute Gasteiger partial charge is 0.489 e. The van der Waals surface area contributed by atoms with Crippen LogP contribution in [-0.2, 0) is 0 Å². The molecule has 1 fully saturated rings. The molecule has 1 heterocycles. The Morgan fingerprint density at radius 2 is 2.15 bits per heavy atom. The van der Waals surface area contributed by atoms with Gasteiger partial charge in [-0.2, -0.15) is 11.8 Å². The van der Waals surface area contributed by atoms with Crippen molar-refractivity contribution in [3.63, 3.8) is 0 Å². The molecule has 0 spiro atoms. The molecule has 1 N–H and O–H groups in total. The van der Waals surface area contributed by atoms with E-state index in [-0.39, 0.29) is 6.10 Å². The predicted molar refractivity (Wildman–Crippen MR) is 90.3 cm³/mol. The van der Waals surface area contributed by atoms with E-state index in [4.69, 9.17) is 16.3 Å². The van der Waals surface area contributed by atoms with Crippen molar-refractivity contribution in [3.05, 3.63) is 23.2 Å². The second-order valence-electron chi connectivity index (χ2n) is 6.54. The van der Waals surface area contributed by atoms with Crippen molar-refractivity contribution in [2.24, 2.45) is 5.41 Å². The van der Waals surface area contributed by atoms with Crippen LogP contribution < -0.4 is 10.1 Å². The molecule has 1 unspecified atom stereocenters. The number of benzene rings is 1. The molecule has 1 aliphatic rings. The highest BCUT2D eigenvalue weighted by atomic mass is 35.5. The van der Waals surface area contributed by atoms with Crippen LogP contribution >= 0.6 is 23.4 Å². The van der Waals surface area contributed by atoms with Crippen molar-refractivity contribution in [1.82, 2.24) is 0 Å². The molecular weight excluding hydrogens is 290 g/mol. The summed E-state index contributed by atoms with van der Waals surface area (Å²) in [5.74, 6) is 3.16. The van der Waals surface area contributed by atoms with Crippen molar-refractivity contribution in [1.29, 1.82) is 0 Å². The van der Waals surface area contributed by atoms with Crippen molar-refractivity contribution in [2.75, 3.05) is 16.8 Å². The highest BCUT2D eigenvalue weighted by molar-refractivity contribution is 7.99. The Balaban J connectivity index is 2.01. The number of halogens is 1. The molecule has 1 saturated heterocycles. The van der Waals surface area contributed by atoms with E-state index in [0.29, 0.717) is 16.5 Å². The van der Waals surface area contributed by atoms with Gasteiger partial charge in [-0.1, -0.05) is 25.4 Å². The number of anilines is 1. The molecule has 0 amide bonds. The molecule has 1 aliphatic heterocycles. The molecule has 0 saturated carbocycles. The summed E-state index contributed by atoms with van der Waals surface area (Å²) in [5, 5.41) is 4.27. The molecule has 0 aromatic heterocycles. The van der Waals surface area contributed by atoms with Crippen molar-refractivity contribution >= 4 is 29.1 Å². The first-order valence-corrected chi connectivity index (χ1v) is 8.69. The van der Waals surface area contributed by atoms with Crippen LogP contribution in [0.4, 0.5) is 5.69 Å². The van der Waals surface area contributed by atoms with Gasteiger partial charge in [0.1, 0.15) is 5.75 Å². The molecule has 0 radical (unpaired) electrons. The van der Waals surface area contributed by atoms with Crippen LogP contribution in [0.5, 0.6) is 5.75 Å². The van der Waals surface area contributed by atoms with E-state index in [1.54, 1.807) is 0 Å². The van der Waals surface area contributed by atoms with Crippen LogP contribution in [-0.4, -0.2) is 23.7 Å². The van der Waals surface area contributed by atoms with Crippen LogP contribution in [0.15, 0.2) is 18.2 Å². The second kappa shape index (κ2) is 6.48. The van der Waals surface area contributed by atoms with Gasteiger partial charge >= 0.3 is 0 Å². The van der Waals surface area contributed by atoms with Crippen LogP contribution in [0, 0.1) is 5.41 Å². The van der Waals surface area contributed by atoms with Gasteiger partial charge in [0.15, 0.2) is 0 Å². The van der Waals surface area contributed by atoms with E-state index in [9.17, 15) is 0 Å². The SMILES string of the molecule is CC(C)Oc1ccc(NC2CSCC(C)(C)C2)cc1Cl. The minimum atomic E-state index is 0.141. The average molecular weight is 314 g/mol. The summed E-state index contributed by atoms with van der Waals surface area (Å²) < 4.78 is 5.66. The average Bonchev–Trinajstić information content (AvgIpc) is 2.31. The minimum Gasteiger partial charge on any atom is -0.489 e. The summed E-state index contributed by atoms with van der Waals surface area (Å²) in [6, 6.07) is 6.48. The number of hydrogen-bond acceptors (Lipinski definition) is 3. The lowest BCUT2D eigenvalue weighted by molar-refractivity contribution is 0.242. The number of rotatable bonds is 4. The van der Waals surface area contributed by atoms with E-state index in [1.165, 1.54) is 12.2 Å². The van der Waals surface area contributed by atoms with Gasteiger partial charge in [0.05, 0.1) is 11.1 Å². The van der Waals surface area contributed by atoms with Crippen LogP contribution in [0.2, 0.25) is 5.02 Å². The van der Waals surface area contributed by atoms with E-state index < -0.39 is 0 Å². The molecule has 0 bridgehead atoms. The molecular formula is C16H24ClNOS. The fraction of sp³-hybridized carbons (Fsp3) is 0.625. The topological polar surface area (TPSA) is 21.3 Å². The van der Waals surface area contributed by atoms with Gasteiger partial charge in [-0.05, 0) is 49.6 Å². The van der Waals surface area contributed by atoms with Crippen LogP contribution in [0.25, 0.3) is 0 Å². The second-order valence-corrected chi connectivity index (χ2v) is 7.97. The lowest BCUT2D eigenvalue weighted by Gasteiger charge is -2.35. The summed E-state index contributed by atoms with van der Waals surface area (Å²) in [7, 11) is 0. The zero-order valence-electron chi connectivity index (χ0n) is 12.7. The Labute approximate surface area is 131 Å². The first kappa shape index (κ1) is 15.8. The summed E-state index contributed by atoms with van der Waals surface area (Å²) in [4.78, 5) is 0. The van der Waals surface area contributed by atoms with Crippen molar-refractivity contribution < 1.29 is 4.74 Å². The number of thioether (sulfide) groups is 1. The third kappa shape index (κ3) is 4.49. The molecule has 1 atom stereocenters. The Hall–Kier alpha value is -0.540. The Morgan fingerprint density at radius 1 is 1.40 bits per heavy atom. The maximum absolute atomic E-state index is 6.28. The smallest absolute Gasteiger partial charge is 0.138 e. The van der Waals surface area contributed by atoms with Crippen LogP contribution in [0.3, 0.4) is 0 Å². The fourth-order valence-electron chi connectivity index (χ4n) is 2.53. The highest BCUT2D eigenvalue weighted by Gasteiger charge is 2.28. The minimum absolute atomic E-state index is 0.141. The standard InChI is InChI=1S/C16H24ClNOS/c1-11(2)19-15-6-5-12(7-14(15)17)18-13-8-16(3,4)10-20-9-13/h5-7,11,13,18H,8-10H2,1-4H3. The molecule has 1 aromatic carbocycles. The Bertz CT molecular complexity index is 462. The quantitative estimate of drug-likeness (QED) is 0.838. The van der Waals surface area contributed by atoms with Gasteiger partial charge in [0.25, 0.3) is 0 Å². The molecule has 4 heteroatoms. The van der Waals surface area contributed by atoms with Gasteiger partial charge in [-0.3, -0.25) is 0 Å². The lowest BCUT2D eigenvalue weighted by atomic mass is 9.88. The maximum atomic E-state index is 6.28. The monoisotopic (exact) mass is 313 g/mol. The molecule has 20 heavy (non-hydrogen) atoms. The van der Waals surface area contributed by atoms with E-state index in [2.05, 4.69) is 25.2 Å². The number of nitrogens with one attached hydrogen (secondary N) is 1. The first-order chi connectivity index (χ1) is 9.35. The fourth-order valence-corrected chi connectivity index (χ4v) is 4.03. The zero-order valence-corrected chi connectivity index (χ0v) is 14.3. The molecule has 1 aromatic rings. The van der Waals surface area contributed by atoms with Gasteiger partial charge < -0.3 is 10.1 Å². The van der Waals surface area contributed by atoms with E-state index >= 15 is 0 Å². The normalized spacial score (nSPS) is 21.8. The van der Waals surface area contributed by atoms with Crippen LogP contribution in [0.1, 0.15) is 34.1 Å². The zero-order chi connectivity index (χ0) is 14.8. The summed E-state index contributed by atoms with van der Waals surface area (Å²) in [5.41, 5.74) is 1.49. The Morgan fingerprint density at radius 3 is 2.75 bits per heavy atom. The lowest BCUT2D eigenvalue weighted by Crippen LogP contribution is -2.35.